The van der Waals surface area contributed by atoms with Crippen molar-refractivity contribution in [3.63, 3.8) is 0 Å². The van der Waals surface area contributed by atoms with Crippen molar-refractivity contribution in [3.8, 4) is 5.75 Å². The Bertz CT molecular complexity index is 1090. The lowest BCUT2D eigenvalue weighted by molar-refractivity contribution is -0.142. The third-order valence-electron chi connectivity index (χ3n) is 5.03. The quantitative estimate of drug-likeness (QED) is 0.466. The first kappa shape index (κ1) is 24.6. The van der Waals surface area contributed by atoms with Crippen LogP contribution in [0, 0.1) is 5.82 Å². The van der Waals surface area contributed by atoms with Crippen LogP contribution < -0.4 is 10.1 Å². The van der Waals surface area contributed by atoms with E-state index in [4.69, 9.17) is 27.9 Å². The van der Waals surface area contributed by atoms with Crippen LogP contribution in [0.2, 0.25) is 10.0 Å². The summed E-state index contributed by atoms with van der Waals surface area (Å²) in [6.07, 6.45) is 0.310. The molecule has 172 valence electrons. The molecule has 3 aromatic carbocycles. The van der Waals surface area contributed by atoms with E-state index in [0.717, 1.165) is 5.56 Å². The fourth-order valence-corrected chi connectivity index (χ4v) is 3.63. The first-order chi connectivity index (χ1) is 15.9. The van der Waals surface area contributed by atoms with E-state index in [1.807, 2.05) is 30.3 Å². The Kier molecular flexibility index (Phi) is 8.69. The summed E-state index contributed by atoms with van der Waals surface area (Å²) in [7, 11) is 1.52. The maximum atomic E-state index is 13.3. The molecule has 33 heavy (non-hydrogen) atoms. The van der Waals surface area contributed by atoms with Gasteiger partial charge in [0.15, 0.2) is 6.61 Å². The van der Waals surface area contributed by atoms with Crippen LogP contribution in [0.15, 0.2) is 72.8 Å². The van der Waals surface area contributed by atoms with Crippen molar-refractivity contribution in [2.24, 2.45) is 0 Å². The smallest absolute Gasteiger partial charge is 0.261 e. The molecule has 0 radical (unpaired) electrons. The van der Waals surface area contributed by atoms with E-state index in [-0.39, 0.29) is 19.1 Å². The number of halogens is 3. The minimum Gasteiger partial charge on any atom is -0.484 e. The Labute approximate surface area is 202 Å². The van der Waals surface area contributed by atoms with Crippen molar-refractivity contribution in [1.29, 1.82) is 0 Å². The van der Waals surface area contributed by atoms with E-state index >= 15 is 0 Å². The van der Waals surface area contributed by atoms with Gasteiger partial charge in [-0.25, -0.2) is 4.39 Å². The lowest BCUT2D eigenvalue weighted by Gasteiger charge is -2.31. The molecule has 0 unspecified atom stereocenters. The number of hydrogen-bond donors (Lipinski definition) is 1. The van der Waals surface area contributed by atoms with Gasteiger partial charge in [0.2, 0.25) is 5.91 Å². The van der Waals surface area contributed by atoms with Crippen molar-refractivity contribution in [3.05, 3.63) is 99.8 Å². The molecule has 0 fully saturated rings. The zero-order valence-corrected chi connectivity index (χ0v) is 19.4. The van der Waals surface area contributed by atoms with Crippen LogP contribution >= 0.6 is 23.2 Å². The molecule has 0 saturated carbocycles. The maximum absolute atomic E-state index is 13.3. The maximum Gasteiger partial charge on any atom is 0.261 e. The highest BCUT2D eigenvalue weighted by Gasteiger charge is 2.30. The van der Waals surface area contributed by atoms with Gasteiger partial charge < -0.3 is 15.0 Å². The molecule has 0 aliphatic heterocycles. The van der Waals surface area contributed by atoms with Gasteiger partial charge in [0.05, 0.1) is 10.0 Å². The first-order valence-corrected chi connectivity index (χ1v) is 11.0. The van der Waals surface area contributed by atoms with Crippen LogP contribution in [0.3, 0.4) is 0 Å². The lowest BCUT2D eigenvalue weighted by Crippen LogP contribution is -2.51. The number of rotatable bonds is 9. The summed E-state index contributed by atoms with van der Waals surface area (Å²) < 4.78 is 18.7. The molecule has 0 heterocycles. The highest BCUT2D eigenvalue weighted by molar-refractivity contribution is 6.42. The number of carbonyl (C=O) groups is 2. The molecule has 2 amide bonds. The van der Waals surface area contributed by atoms with Crippen LogP contribution in [0.4, 0.5) is 4.39 Å². The number of nitrogens with zero attached hydrogens (tertiary/aromatic N) is 1. The van der Waals surface area contributed by atoms with E-state index in [1.54, 1.807) is 18.2 Å². The van der Waals surface area contributed by atoms with Gasteiger partial charge in [0.1, 0.15) is 17.6 Å². The van der Waals surface area contributed by atoms with Crippen molar-refractivity contribution >= 4 is 35.0 Å². The van der Waals surface area contributed by atoms with Gasteiger partial charge in [0, 0.05) is 20.0 Å². The second kappa shape index (κ2) is 11.7. The van der Waals surface area contributed by atoms with E-state index in [2.05, 4.69) is 5.32 Å². The molecule has 8 heteroatoms. The number of carbonyl (C=O) groups excluding carboxylic acids is 2. The summed E-state index contributed by atoms with van der Waals surface area (Å²) in [5.74, 6) is -0.778. The van der Waals surface area contributed by atoms with E-state index in [9.17, 15) is 14.0 Å². The molecular formula is C25H23Cl2FN2O3. The van der Waals surface area contributed by atoms with E-state index in [0.29, 0.717) is 27.8 Å². The zero-order valence-electron chi connectivity index (χ0n) is 17.9. The van der Waals surface area contributed by atoms with Crippen LogP contribution in [0.1, 0.15) is 11.1 Å². The molecule has 5 nitrogen and oxygen atoms in total. The molecule has 3 aromatic rings. The average Bonchev–Trinajstić information content (AvgIpc) is 2.83. The topological polar surface area (TPSA) is 58.6 Å². The summed E-state index contributed by atoms with van der Waals surface area (Å²) in [4.78, 5) is 27.6. The van der Waals surface area contributed by atoms with Crippen LogP contribution in [-0.2, 0) is 22.6 Å². The summed E-state index contributed by atoms with van der Waals surface area (Å²) in [6, 6.07) is 19.0. The van der Waals surface area contributed by atoms with Crippen molar-refractivity contribution in [2.75, 3.05) is 13.7 Å². The molecule has 1 atom stereocenters. The Morgan fingerprint density at radius 2 is 1.67 bits per heavy atom. The second-order valence-corrected chi connectivity index (χ2v) is 8.15. The Balaban J connectivity index is 1.88. The summed E-state index contributed by atoms with van der Waals surface area (Å²) >= 11 is 12.2. The van der Waals surface area contributed by atoms with Gasteiger partial charge >= 0.3 is 0 Å². The fourth-order valence-electron chi connectivity index (χ4n) is 3.31. The summed E-state index contributed by atoms with van der Waals surface area (Å²) in [6.45, 7) is -0.206. The average molecular weight is 489 g/mol. The third-order valence-corrected chi connectivity index (χ3v) is 5.77. The molecule has 3 rings (SSSR count). The largest absolute Gasteiger partial charge is 0.484 e. The number of benzene rings is 3. The zero-order chi connectivity index (χ0) is 23.8. The molecule has 0 aliphatic carbocycles. The van der Waals surface area contributed by atoms with Gasteiger partial charge in [-0.05, 0) is 47.5 Å². The number of likely N-dealkylation sites (N-methyl/N-ethyl adjacent to an activating group) is 1. The van der Waals surface area contributed by atoms with Gasteiger partial charge in [-0.15, -0.1) is 0 Å². The summed E-state index contributed by atoms with van der Waals surface area (Å²) in [5, 5.41) is 3.39. The Morgan fingerprint density at radius 3 is 2.30 bits per heavy atom. The second-order valence-electron chi connectivity index (χ2n) is 7.33. The number of ether oxygens (including phenoxy) is 1. The molecule has 1 N–H and O–H groups in total. The number of nitrogens with one attached hydrogen (secondary N) is 1. The van der Waals surface area contributed by atoms with Crippen molar-refractivity contribution < 1.29 is 18.7 Å². The van der Waals surface area contributed by atoms with Gasteiger partial charge in [0.25, 0.3) is 5.91 Å². The molecule has 0 bridgehead atoms. The van der Waals surface area contributed by atoms with Crippen LogP contribution in [0.5, 0.6) is 5.75 Å². The number of hydrogen-bond acceptors (Lipinski definition) is 3. The summed E-state index contributed by atoms with van der Waals surface area (Å²) in [5.41, 5.74) is 1.61. The highest BCUT2D eigenvalue weighted by atomic mass is 35.5. The molecule has 0 spiro atoms. The van der Waals surface area contributed by atoms with Crippen LogP contribution in [0.25, 0.3) is 0 Å². The molecular weight excluding hydrogens is 466 g/mol. The predicted molar refractivity (Wildman–Crippen MR) is 127 cm³/mol. The molecule has 0 saturated heterocycles. The number of amides is 2. The minimum atomic E-state index is -0.795. The first-order valence-electron chi connectivity index (χ1n) is 10.2. The Morgan fingerprint density at radius 1 is 0.970 bits per heavy atom. The highest BCUT2D eigenvalue weighted by Crippen LogP contribution is 2.24. The van der Waals surface area contributed by atoms with Crippen molar-refractivity contribution in [2.45, 2.75) is 19.0 Å². The Hall–Kier alpha value is -3.09. The van der Waals surface area contributed by atoms with E-state index in [1.165, 1.54) is 36.2 Å². The third kappa shape index (κ3) is 6.94. The fraction of sp³-hybridized carbons (Fsp3) is 0.200. The standard InChI is InChI=1S/C25H23Cl2FN2O3/c1-29-25(32)23(14-17-5-3-2-4-6-17)30(15-18-7-12-21(26)22(27)13-18)24(31)16-33-20-10-8-19(28)9-11-20/h2-13,23H,14-16H2,1H3,(H,29,32)/t23-/m1/s1. The van der Waals surface area contributed by atoms with Gasteiger partial charge in [-0.3, -0.25) is 9.59 Å². The minimum absolute atomic E-state index is 0.118. The van der Waals surface area contributed by atoms with Gasteiger partial charge in [-0.2, -0.15) is 0 Å². The monoisotopic (exact) mass is 488 g/mol. The molecule has 0 aromatic heterocycles. The normalized spacial score (nSPS) is 11.5. The SMILES string of the molecule is CNC(=O)[C@@H](Cc1ccccc1)N(Cc1ccc(Cl)c(Cl)c1)C(=O)COc1ccc(F)cc1. The lowest BCUT2D eigenvalue weighted by atomic mass is 10.0. The van der Waals surface area contributed by atoms with Crippen molar-refractivity contribution in [1.82, 2.24) is 10.2 Å². The van der Waals surface area contributed by atoms with Crippen LogP contribution in [-0.4, -0.2) is 36.4 Å². The van der Waals surface area contributed by atoms with E-state index < -0.39 is 17.8 Å². The van der Waals surface area contributed by atoms with Gasteiger partial charge in [-0.1, -0.05) is 59.6 Å². The molecule has 0 aliphatic rings. The predicted octanol–water partition coefficient (Wildman–Crippen LogP) is 4.90.